The first-order valence-corrected chi connectivity index (χ1v) is 14.9. The Morgan fingerprint density at radius 3 is 2.59 bits per heavy atom. The van der Waals surface area contributed by atoms with Gasteiger partial charge in [-0.05, 0) is 24.6 Å². The van der Waals surface area contributed by atoms with E-state index in [1.165, 1.54) is 6.33 Å². The van der Waals surface area contributed by atoms with Crippen LogP contribution in [0.25, 0.3) is 11.2 Å². The number of aromatic nitrogens is 4. The van der Waals surface area contributed by atoms with Crippen molar-refractivity contribution in [3.63, 3.8) is 0 Å². The Bertz CT molecular complexity index is 1540. The molecule has 1 saturated heterocycles. The van der Waals surface area contributed by atoms with Crippen molar-refractivity contribution < 1.29 is 33.0 Å². The van der Waals surface area contributed by atoms with Crippen molar-refractivity contribution in [2.75, 3.05) is 18.5 Å². The number of carbonyl (C=O) groups excluding carboxylic acids is 1. The van der Waals surface area contributed by atoms with Gasteiger partial charge < -0.3 is 24.8 Å². The molecular weight excluding hydrogens is 549 g/mol. The van der Waals surface area contributed by atoms with E-state index in [-0.39, 0.29) is 25.0 Å². The SMILES string of the molecule is Cc1nc(N)c2ncn([C@H]3C[C@@H](OP(=O)(C[C@H](C)C(=O)OCc4ccccc4)Oc4ccccc4)[C@@H](CO)O3)c2n1. The highest BCUT2D eigenvalue weighted by molar-refractivity contribution is 7.54. The van der Waals surface area contributed by atoms with E-state index in [9.17, 15) is 14.5 Å². The normalized spacial score (nSPS) is 20.9. The summed E-state index contributed by atoms with van der Waals surface area (Å²) >= 11 is 0. The average molecular weight is 582 g/mol. The van der Waals surface area contributed by atoms with Gasteiger partial charge in [-0.15, -0.1) is 0 Å². The number of aryl methyl sites for hydroxylation is 1. The number of hydrogen-bond acceptors (Lipinski definition) is 11. The third-order valence-corrected chi connectivity index (χ3v) is 8.71. The van der Waals surface area contributed by atoms with E-state index in [1.54, 1.807) is 48.7 Å². The number of esters is 1. The van der Waals surface area contributed by atoms with Gasteiger partial charge in [-0.2, -0.15) is 0 Å². The van der Waals surface area contributed by atoms with Crippen LogP contribution in [0.15, 0.2) is 67.0 Å². The van der Waals surface area contributed by atoms with Gasteiger partial charge >= 0.3 is 13.6 Å². The molecule has 2 aromatic heterocycles. The number of anilines is 1. The molecule has 13 heteroatoms. The zero-order valence-electron chi connectivity index (χ0n) is 22.7. The van der Waals surface area contributed by atoms with E-state index in [4.69, 9.17) is 24.3 Å². The second kappa shape index (κ2) is 12.4. The average Bonchev–Trinajstić information content (AvgIpc) is 3.56. The highest BCUT2D eigenvalue weighted by Gasteiger charge is 2.44. The summed E-state index contributed by atoms with van der Waals surface area (Å²) in [5, 5.41) is 10.1. The van der Waals surface area contributed by atoms with Crippen LogP contribution in [0.1, 0.15) is 31.0 Å². The number of fused-ring (bicyclic) bond motifs is 1. The molecule has 2 aromatic carbocycles. The van der Waals surface area contributed by atoms with Crippen LogP contribution in [0.2, 0.25) is 0 Å². The highest BCUT2D eigenvalue weighted by Crippen LogP contribution is 2.53. The lowest BCUT2D eigenvalue weighted by molar-refractivity contribution is -0.148. The van der Waals surface area contributed by atoms with Crippen molar-refractivity contribution in [3.05, 3.63) is 78.4 Å². The molecule has 5 rings (SSSR count). The number of ether oxygens (including phenoxy) is 2. The molecule has 3 N–H and O–H groups in total. The van der Waals surface area contributed by atoms with Crippen molar-refractivity contribution in [3.8, 4) is 5.75 Å². The van der Waals surface area contributed by atoms with Crippen molar-refractivity contribution in [2.24, 2.45) is 5.92 Å². The van der Waals surface area contributed by atoms with Crippen LogP contribution in [0, 0.1) is 12.8 Å². The van der Waals surface area contributed by atoms with Crippen molar-refractivity contribution in [2.45, 2.75) is 45.3 Å². The van der Waals surface area contributed by atoms with Gasteiger partial charge in [0.25, 0.3) is 0 Å². The molecule has 0 amide bonds. The van der Waals surface area contributed by atoms with Gasteiger partial charge in [0, 0.05) is 6.42 Å². The van der Waals surface area contributed by atoms with E-state index in [0.717, 1.165) is 5.56 Å². The minimum atomic E-state index is -3.98. The van der Waals surface area contributed by atoms with Crippen LogP contribution in [-0.4, -0.2) is 55.6 Å². The molecule has 1 aliphatic heterocycles. The fourth-order valence-corrected chi connectivity index (χ4v) is 6.74. The molecule has 1 fully saturated rings. The summed E-state index contributed by atoms with van der Waals surface area (Å²) < 4.78 is 39.5. The predicted molar refractivity (Wildman–Crippen MR) is 150 cm³/mol. The minimum Gasteiger partial charge on any atom is -0.461 e. The topological polar surface area (TPSA) is 161 Å². The Hall–Kier alpha value is -3.83. The quantitative estimate of drug-likeness (QED) is 0.194. The maximum absolute atomic E-state index is 14.2. The number of benzene rings is 2. The smallest absolute Gasteiger partial charge is 0.380 e. The van der Waals surface area contributed by atoms with Crippen LogP contribution < -0.4 is 10.3 Å². The van der Waals surface area contributed by atoms with Gasteiger partial charge in [0.15, 0.2) is 11.5 Å². The molecule has 41 heavy (non-hydrogen) atoms. The highest BCUT2D eigenvalue weighted by atomic mass is 31.2. The first-order chi connectivity index (χ1) is 19.7. The van der Waals surface area contributed by atoms with Gasteiger partial charge in [-0.25, -0.2) is 19.5 Å². The van der Waals surface area contributed by atoms with Crippen molar-refractivity contribution in [1.82, 2.24) is 19.5 Å². The minimum absolute atomic E-state index is 0.0891. The molecule has 12 nitrogen and oxygen atoms in total. The number of carbonyl (C=O) groups is 1. The van der Waals surface area contributed by atoms with Crippen LogP contribution >= 0.6 is 7.60 Å². The second-order valence-electron chi connectivity index (χ2n) is 9.86. The fourth-order valence-electron chi connectivity index (χ4n) is 4.64. The summed E-state index contributed by atoms with van der Waals surface area (Å²) in [6.07, 6.45) is -0.813. The number of aliphatic hydroxyl groups excluding tert-OH is 1. The monoisotopic (exact) mass is 581 g/mol. The molecule has 0 saturated carbocycles. The van der Waals surface area contributed by atoms with E-state index >= 15 is 0 Å². The van der Waals surface area contributed by atoms with Crippen LogP contribution in [-0.2, 0) is 30.0 Å². The Labute approximate surface area is 237 Å². The summed E-state index contributed by atoms with van der Waals surface area (Å²) in [4.78, 5) is 25.7. The Morgan fingerprint density at radius 1 is 1.17 bits per heavy atom. The number of hydrogen-bond donors (Lipinski definition) is 2. The number of nitrogen functional groups attached to an aromatic ring is 1. The lowest BCUT2D eigenvalue weighted by atomic mass is 10.2. The lowest BCUT2D eigenvalue weighted by Gasteiger charge is -2.26. The van der Waals surface area contributed by atoms with Crippen LogP contribution in [0.3, 0.4) is 0 Å². The Balaban J connectivity index is 1.34. The molecule has 0 bridgehead atoms. The molecule has 0 radical (unpaired) electrons. The lowest BCUT2D eigenvalue weighted by Crippen LogP contribution is -2.29. The van der Waals surface area contributed by atoms with E-state index in [1.807, 2.05) is 30.3 Å². The third-order valence-electron chi connectivity index (χ3n) is 6.64. The van der Waals surface area contributed by atoms with E-state index in [2.05, 4.69) is 15.0 Å². The summed E-state index contributed by atoms with van der Waals surface area (Å²) in [6.45, 7) is 3.02. The van der Waals surface area contributed by atoms with E-state index in [0.29, 0.717) is 22.7 Å². The molecule has 1 aliphatic rings. The second-order valence-corrected chi connectivity index (χ2v) is 11.8. The zero-order chi connectivity index (χ0) is 29.0. The number of nitrogens with zero attached hydrogens (tertiary/aromatic N) is 4. The van der Waals surface area contributed by atoms with E-state index < -0.39 is 44.5 Å². The Kier molecular flexibility index (Phi) is 8.65. The number of nitrogens with two attached hydrogens (primary N) is 1. The van der Waals surface area contributed by atoms with Gasteiger partial charge in [0.1, 0.15) is 42.1 Å². The first kappa shape index (κ1) is 28.7. The number of para-hydroxylation sites is 1. The van der Waals surface area contributed by atoms with Gasteiger partial charge in [0.05, 0.1) is 25.0 Å². The molecular formula is C28H32N5O7P. The number of rotatable bonds is 11. The van der Waals surface area contributed by atoms with Gasteiger partial charge in [0.2, 0.25) is 0 Å². The molecule has 4 aromatic rings. The molecule has 216 valence electrons. The maximum atomic E-state index is 14.2. The van der Waals surface area contributed by atoms with Crippen LogP contribution in [0.4, 0.5) is 5.82 Å². The Morgan fingerprint density at radius 2 is 1.88 bits per heavy atom. The standard InChI is InChI=1S/C28H32N5O7P/c1-18(28(35)37-15-20-9-5-3-6-10-20)16-41(36,39-21-11-7-4-8-12-21)40-22-13-24(38-23(22)14-34)33-17-30-25-26(29)31-19(2)32-27(25)33/h3-12,17-18,22-24,34H,13-16H2,1-2H3,(H2,29,31,32)/t18-,22+,23+,24+,41?/m0/s1. The van der Waals surface area contributed by atoms with Crippen LogP contribution in [0.5, 0.6) is 5.75 Å². The first-order valence-electron chi connectivity index (χ1n) is 13.2. The zero-order valence-corrected chi connectivity index (χ0v) is 23.6. The molecule has 0 spiro atoms. The van der Waals surface area contributed by atoms with Crippen molar-refractivity contribution >= 4 is 30.5 Å². The largest absolute Gasteiger partial charge is 0.461 e. The molecule has 1 unspecified atom stereocenters. The third kappa shape index (κ3) is 6.74. The van der Waals surface area contributed by atoms with Gasteiger partial charge in [-0.1, -0.05) is 55.5 Å². The number of imidazole rings is 1. The number of aliphatic hydroxyl groups is 1. The fraction of sp³-hybridized carbons (Fsp3) is 0.357. The molecule has 5 atom stereocenters. The summed E-state index contributed by atoms with van der Waals surface area (Å²) in [5.74, 6) is -0.315. The van der Waals surface area contributed by atoms with Gasteiger partial charge in [-0.3, -0.25) is 13.9 Å². The van der Waals surface area contributed by atoms with Crippen molar-refractivity contribution in [1.29, 1.82) is 0 Å². The summed E-state index contributed by atoms with van der Waals surface area (Å²) in [6, 6.07) is 17.9. The maximum Gasteiger partial charge on any atom is 0.380 e. The molecule has 0 aliphatic carbocycles. The summed E-state index contributed by atoms with van der Waals surface area (Å²) in [7, 11) is -3.98. The summed E-state index contributed by atoms with van der Waals surface area (Å²) in [5.41, 5.74) is 7.73. The molecule has 3 heterocycles. The predicted octanol–water partition coefficient (Wildman–Crippen LogP) is 4.03.